The molecule has 0 spiro atoms. The predicted octanol–water partition coefficient (Wildman–Crippen LogP) is 4.82. The van der Waals surface area contributed by atoms with Crippen LogP contribution in [0.1, 0.15) is 43.2 Å². The highest BCUT2D eigenvalue weighted by atomic mass is 32.2. The molecule has 0 saturated heterocycles. The highest BCUT2D eigenvalue weighted by Gasteiger charge is 2.23. The van der Waals surface area contributed by atoms with Crippen LogP contribution in [0, 0.1) is 6.92 Å². The van der Waals surface area contributed by atoms with Crippen molar-refractivity contribution in [2.75, 3.05) is 7.05 Å². The van der Waals surface area contributed by atoms with Gasteiger partial charge in [0.1, 0.15) is 6.54 Å². The number of nitrogens with zero attached hydrogens (tertiary/aromatic N) is 4. The molecule has 0 unspecified atom stereocenters. The first kappa shape index (κ1) is 20.0. The lowest BCUT2D eigenvalue weighted by Crippen LogP contribution is -2.40. The Bertz CT molecular complexity index is 976. The third-order valence-electron chi connectivity index (χ3n) is 5.81. The van der Waals surface area contributed by atoms with E-state index in [1.54, 1.807) is 18.0 Å². The van der Waals surface area contributed by atoms with Crippen molar-refractivity contribution >= 4 is 28.7 Å². The van der Waals surface area contributed by atoms with Gasteiger partial charge in [-0.25, -0.2) is 4.98 Å². The van der Waals surface area contributed by atoms with Crippen LogP contribution < -0.4 is 0 Å². The van der Waals surface area contributed by atoms with E-state index in [2.05, 4.69) is 36.2 Å². The lowest BCUT2D eigenvalue weighted by atomic mass is 9.94. The first-order valence-electron chi connectivity index (χ1n) is 10.4. The third kappa shape index (κ3) is 4.64. The summed E-state index contributed by atoms with van der Waals surface area (Å²) in [5.41, 5.74) is 4.32. The Morgan fingerprint density at radius 2 is 1.93 bits per heavy atom. The fourth-order valence-corrected chi connectivity index (χ4v) is 4.93. The van der Waals surface area contributed by atoms with Gasteiger partial charge in [-0.1, -0.05) is 60.9 Å². The Morgan fingerprint density at radius 3 is 2.69 bits per heavy atom. The van der Waals surface area contributed by atoms with E-state index in [4.69, 9.17) is 4.98 Å². The molecule has 6 heteroatoms. The minimum atomic E-state index is 0.150. The van der Waals surface area contributed by atoms with Crippen molar-refractivity contribution < 1.29 is 4.79 Å². The molecule has 1 aliphatic rings. The molecule has 0 N–H and O–H groups in total. The van der Waals surface area contributed by atoms with E-state index >= 15 is 0 Å². The molecule has 1 fully saturated rings. The number of imidazole rings is 1. The zero-order valence-corrected chi connectivity index (χ0v) is 18.0. The van der Waals surface area contributed by atoms with Crippen LogP contribution in [0.15, 0.2) is 47.9 Å². The van der Waals surface area contributed by atoms with Crippen molar-refractivity contribution in [3.63, 3.8) is 0 Å². The molecule has 0 aliphatic heterocycles. The summed E-state index contributed by atoms with van der Waals surface area (Å²) in [5.74, 6) is 0.973. The fourth-order valence-electron chi connectivity index (χ4n) is 3.96. The van der Waals surface area contributed by atoms with Gasteiger partial charge in [0.25, 0.3) is 0 Å². The second-order valence-corrected chi connectivity index (χ2v) is 8.86. The zero-order chi connectivity index (χ0) is 20.2. The molecule has 1 aromatic carbocycles. The van der Waals surface area contributed by atoms with Gasteiger partial charge in [-0.2, -0.15) is 0 Å². The van der Waals surface area contributed by atoms with Crippen molar-refractivity contribution in [1.82, 2.24) is 19.4 Å². The van der Waals surface area contributed by atoms with Gasteiger partial charge in [0.15, 0.2) is 5.16 Å². The molecule has 1 aliphatic carbocycles. The van der Waals surface area contributed by atoms with Crippen molar-refractivity contribution in [2.24, 2.45) is 0 Å². The molecule has 2 heterocycles. The highest BCUT2D eigenvalue weighted by molar-refractivity contribution is 7.98. The predicted molar refractivity (Wildman–Crippen MR) is 118 cm³/mol. The fraction of sp³-hybridized carbons (Fsp3) is 0.435. The molecule has 1 saturated carbocycles. The summed E-state index contributed by atoms with van der Waals surface area (Å²) in [4.78, 5) is 24.1. The number of rotatable bonds is 6. The van der Waals surface area contributed by atoms with Crippen LogP contribution in [-0.4, -0.2) is 38.4 Å². The van der Waals surface area contributed by atoms with Crippen LogP contribution >= 0.6 is 11.8 Å². The second kappa shape index (κ2) is 8.99. The Balaban J connectivity index is 1.54. The first-order chi connectivity index (χ1) is 14.1. The van der Waals surface area contributed by atoms with Gasteiger partial charge >= 0.3 is 0 Å². The number of benzene rings is 1. The molecule has 0 radical (unpaired) electrons. The Morgan fingerprint density at radius 1 is 1.17 bits per heavy atom. The van der Waals surface area contributed by atoms with E-state index in [1.807, 2.05) is 28.8 Å². The molecule has 152 valence electrons. The summed E-state index contributed by atoms with van der Waals surface area (Å²) < 4.78 is 2.03. The summed E-state index contributed by atoms with van der Waals surface area (Å²) >= 11 is 1.67. The summed E-state index contributed by atoms with van der Waals surface area (Å²) in [6.07, 6.45) is 9.52. The van der Waals surface area contributed by atoms with Crippen molar-refractivity contribution in [2.45, 2.75) is 62.5 Å². The standard InChI is InChI=1S/C23H28N4OS/c1-17-8-10-18(11-9-17)16-29-23-25-20-12-13-24-14-21(20)27(23)15-22(28)26(2)19-6-4-3-5-7-19/h8-14,19H,3-7,15-16H2,1-2H3. The quantitative estimate of drug-likeness (QED) is 0.549. The molecule has 4 rings (SSSR count). The number of aromatic nitrogens is 3. The minimum Gasteiger partial charge on any atom is -0.341 e. The van der Waals surface area contributed by atoms with Crippen LogP contribution in [0.3, 0.4) is 0 Å². The number of fused-ring (bicyclic) bond motifs is 1. The summed E-state index contributed by atoms with van der Waals surface area (Å²) in [7, 11) is 1.95. The lowest BCUT2D eigenvalue weighted by Gasteiger charge is -2.31. The van der Waals surface area contributed by atoms with Gasteiger partial charge in [-0.15, -0.1) is 0 Å². The van der Waals surface area contributed by atoms with E-state index < -0.39 is 0 Å². The van der Waals surface area contributed by atoms with Crippen molar-refractivity contribution in [1.29, 1.82) is 0 Å². The highest BCUT2D eigenvalue weighted by Crippen LogP contribution is 2.27. The van der Waals surface area contributed by atoms with Gasteiger partial charge < -0.3 is 9.47 Å². The lowest BCUT2D eigenvalue weighted by molar-refractivity contribution is -0.133. The monoisotopic (exact) mass is 408 g/mol. The summed E-state index contributed by atoms with van der Waals surface area (Å²) in [5, 5.41) is 0.874. The number of carbonyl (C=O) groups is 1. The molecule has 1 amide bonds. The van der Waals surface area contributed by atoms with E-state index in [9.17, 15) is 4.79 Å². The van der Waals surface area contributed by atoms with Gasteiger partial charge in [-0.3, -0.25) is 9.78 Å². The van der Waals surface area contributed by atoms with E-state index in [-0.39, 0.29) is 5.91 Å². The molecular formula is C23H28N4OS. The average molecular weight is 409 g/mol. The largest absolute Gasteiger partial charge is 0.341 e. The Labute approximate surface area is 176 Å². The molecule has 3 aromatic rings. The number of aryl methyl sites for hydroxylation is 1. The van der Waals surface area contributed by atoms with Crippen LogP contribution in [0.2, 0.25) is 0 Å². The van der Waals surface area contributed by atoms with Gasteiger partial charge in [-0.05, 0) is 31.4 Å². The Hall–Kier alpha value is -2.34. The van der Waals surface area contributed by atoms with E-state index in [0.717, 1.165) is 34.8 Å². The summed E-state index contributed by atoms with van der Waals surface area (Å²) in [6, 6.07) is 10.8. The minimum absolute atomic E-state index is 0.150. The number of hydrogen-bond acceptors (Lipinski definition) is 4. The van der Waals surface area contributed by atoms with Crippen LogP contribution in [0.25, 0.3) is 11.0 Å². The van der Waals surface area contributed by atoms with Crippen LogP contribution in [-0.2, 0) is 17.1 Å². The first-order valence-corrected chi connectivity index (χ1v) is 11.3. The van der Waals surface area contributed by atoms with Gasteiger partial charge in [0.05, 0.1) is 17.2 Å². The van der Waals surface area contributed by atoms with Gasteiger partial charge in [0, 0.05) is 25.0 Å². The SMILES string of the molecule is Cc1ccc(CSc2nc3ccncc3n2CC(=O)N(C)C2CCCCC2)cc1. The number of amides is 1. The van der Waals surface area contributed by atoms with E-state index in [1.165, 1.54) is 30.4 Å². The molecule has 5 nitrogen and oxygen atoms in total. The smallest absolute Gasteiger partial charge is 0.242 e. The maximum absolute atomic E-state index is 13.1. The molecular weight excluding hydrogens is 380 g/mol. The maximum atomic E-state index is 13.1. The average Bonchev–Trinajstić information content (AvgIpc) is 3.11. The number of pyridine rings is 1. The molecule has 0 bridgehead atoms. The van der Waals surface area contributed by atoms with Crippen molar-refractivity contribution in [3.8, 4) is 0 Å². The van der Waals surface area contributed by atoms with E-state index in [0.29, 0.717) is 12.6 Å². The zero-order valence-electron chi connectivity index (χ0n) is 17.2. The van der Waals surface area contributed by atoms with Gasteiger partial charge in [0.2, 0.25) is 5.91 Å². The van der Waals surface area contributed by atoms with Crippen molar-refractivity contribution in [3.05, 3.63) is 53.9 Å². The second-order valence-electron chi connectivity index (χ2n) is 7.92. The third-order valence-corrected chi connectivity index (χ3v) is 6.86. The molecule has 2 aromatic heterocycles. The number of carbonyl (C=O) groups excluding carboxylic acids is 1. The molecule has 29 heavy (non-hydrogen) atoms. The normalized spacial score (nSPS) is 15.0. The van der Waals surface area contributed by atoms with Crippen LogP contribution in [0.4, 0.5) is 0 Å². The number of likely N-dealkylation sites (N-methyl/N-ethyl adjacent to an activating group) is 1. The van der Waals surface area contributed by atoms with Crippen LogP contribution in [0.5, 0.6) is 0 Å². The number of hydrogen-bond donors (Lipinski definition) is 0. The Kier molecular flexibility index (Phi) is 6.19. The topological polar surface area (TPSA) is 51.0 Å². The maximum Gasteiger partial charge on any atom is 0.242 e. The summed E-state index contributed by atoms with van der Waals surface area (Å²) in [6.45, 7) is 2.41. The number of thioether (sulfide) groups is 1. The molecule has 0 atom stereocenters.